The summed E-state index contributed by atoms with van der Waals surface area (Å²) in [6.45, 7) is 0. The highest BCUT2D eigenvalue weighted by atomic mass is 32.6. The van der Waals surface area contributed by atoms with Gasteiger partial charge in [-0.05, 0) is 24.6 Å². The lowest BCUT2D eigenvalue weighted by atomic mass is 11.0. The van der Waals surface area contributed by atoms with Gasteiger partial charge in [-0.3, -0.25) is 0 Å². The highest BCUT2D eigenvalue weighted by Gasteiger charge is 2.30. The van der Waals surface area contributed by atoms with Crippen LogP contribution in [0.15, 0.2) is 0 Å². The van der Waals surface area contributed by atoms with Gasteiger partial charge >= 0.3 is 0 Å². The molecule has 46 valence electrons. The molecule has 0 nitrogen and oxygen atoms in total. The first-order valence-corrected chi connectivity index (χ1v) is 10.8. The van der Waals surface area contributed by atoms with Crippen LogP contribution in [0.1, 0.15) is 0 Å². The predicted molar refractivity (Wildman–Crippen MR) is 49.9 cm³/mol. The third-order valence-corrected chi connectivity index (χ3v) is 22.4. The first-order chi connectivity index (χ1) is 3.97. The van der Waals surface area contributed by atoms with Crippen molar-refractivity contribution in [1.82, 2.24) is 0 Å². The fraction of sp³-hybridized carbons (Fsp3) is 1.00. The standard InChI is InChI=1S/C4H10P4/c1-3-7-6-2-4-8(7)5-1/h5-6H,1-4H2. The van der Waals surface area contributed by atoms with Crippen molar-refractivity contribution in [1.29, 1.82) is 0 Å². The molecule has 2 fully saturated rings. The molecule has 0 aliphatic carbocycles. The van der Waals surface area contributed by atoms with Crippen LogP contribution in [0.2, 0.25) is 0 Å². The lowest BCUT2D eigenvalue weighted by Crippen LogP contribution is -1.70. The van der Waals surface area contributed by atoms with E-state index >= 15 is 0 Å². The Bertz CT molecular complexity index is 74.0. The van der Waals surface area contributed by atoms with E-state index in [1.165, 1.54) is 16.5 Å². The zero-order valence-electron chi connectivity index (χ0n) is 4.72. The van der Waals surface area contributed by atoms with Crippen LogP contribution in [0, 0.1) is 0 Å². The molecule has 0 amide bonds. The van der Waals surface area contributed by atoms with Crippen molar-refractivity contribution >= 4 is 31.1 Å². The molecule has 0 N–H and O–H groups in total. The summed E-state index contributed by atoms with van der Waals surface area (Å²) in [4.78, 5) is 0. The highest BCUT2D eigenvalue weighted by Crippen LogP contribution is 2.94. The Balaban J connectivity index is 2.04. The second kappa shape index (κ2) is 2.76. The lowest BCUT2D eigenvalue weighted by Gasteiger charge is -2.05. The summed E-state index contributed by atoms with van der Waals surface area (Å²) in [6.07, 6.45) is 6.62. The first kappa shape index (κ1) is 6.43. The molecule has 2 aliphatic heterocycles. The van der Waals surface area contributed by atoms with Crippen LogP contribution in [0.3, 0.4) is 0 Å². The molecule has 2 heterocycles. The SMILES string of the molecule is C1CP2PCCP2P1. The molecule has 0 aromatic rings. The lowest BCUT2D eigenvalue weighted by molar-refractivity contribution is 1.55. The van der Waals surface area contributed by atoms with Crippen LogP contribution in [0.5, 0.6) is 0 Å². The van der Waals surface area contributed by atoms with Crippen LogP contribution in [-0.2, 0) is 0 Å². The molecule has 4 atom stereocenters. The molecular weight excluding hydrogens is 172 g/mol. The largest absolute Gasteiger partial charge is 0.0908 e. The number of hydrogen-bond donors (Lipinski definition) is 0. The van der Waals surface area contributed by atoms with Crippen molar-refractivity contribution in [3.63, 3.8) is 0 Å². The molecule has 0 spiro atoms. The molecule has 2 aliphatic rings. The van der Waals surface area contributed by atoms with E-state index in [9.17, 15) is 0 Å². The van der Waals surface area contributed by atoms with Crippen molar-refractivity contribution in [3.8, 4) is 0 Å². The molecule has 0 aromatic carbocycles. The number of rotatable bonds is 0. The van der Waals surface area contributed by atoms with Crippen LogP contribution >= 0.6 is 31.1 Å². The minimum absolute atomic E-state index is 0.712. The Hall–Kier alpha value is 1.72. The molecule has 8 heavy (non-hydrogen) atoms. The number of fused-ring (bicyclic) bond motifs is 1. The Morgan fingerprint density at radius 1 is 0.875 bits per heavy atom. The van der Waals surface area contributed by atoms with Gasteiger partial charge in [0.25, 0.3) is 0 Å². The predicted octanol–water partition coefficient (Wildman–Crippen LogP) is 3.08. The Morgan fingerprint density at radius 2 is 1.38 bits per heavy atom. The zero-order chi connectivity index (χ0) is 5.40. The maximum absolute atomic E-state index is 1.68. The maximum Gasteiger partial charge on any atom is -0.0207 e. The normalized spacial score (nSPS) is 51.0. The fourth-order valence-corrected chi connectivity index (χ4v) is 26.4. The van der Waals surface area contributed by atoms with Crippen molar-refractivity contribution in [2.45, 2.75) is 0 Å². The van der Waals surface area contributed by atoms with Crippen LogP contribution in [-0.4, -0.2) is 24.6 Å². The third kappa shape index (κ3) is 1.11. The van der Waals surface area contributed by atoms with Gasteiger partial charge in [0.15, 0.2) is 0 Å². The van der Waals surface area contributed by atoms with Gasteiger partial charge in [-0.1, -0.05) is 31.1 Å². The molecule has 0 radical (unpaired) electrons. The zero-order valence-corrected chi connectivity index (χ0v) is 8.51. The van der Waals surface area contributed by atoms with Gasteiger partial charge in [-0.25, -0.2) is 0 Å². The van der Waals surface area contributed by atoms with E-state index in [1.807, 2.05) is 0 Å². The van der Waals surface area contributed by atoms with E-state index in [-0.39, 0.29) is 0 Å². The summed E-state index contributed by atoms with van der Waals surface area (Å²) < 4.78 is 0. The summed E-state index contributed by atoms with van der Waals surface area (Å²) in [5.74, 6) is 0. The second-order valence-corrected chi connectivity index (χ2v) is 16.5. The minimum atomic E-state index is 0.712. The van der Waals surface area contributed by atoms with E-state index in [0.717, 1.165) is 0 Å². The van der Waals surface area contributed by atoms with Crippen LogP contribution in [0.4, 0.5) is 0 Å². The van der Waals surface area contributed by atoms with Crippen molar-refractivity contribution in [3.05, 3.63) is 0 Å². The molecular formula is C4H10P4. The monoisotopic (exact) mass is 182 g/mol. The molecule has 2 saturated heterocycles. The van der Waals surface area contributed by atoms with Crippen LogP contribution < -0.4 is 0 Å². The van der Waals surface area contributed by atoms with Gasteiger partial charge in [0.05, 0.1) is 0 Å². The Morgan fingerprint density at radius 3 is 1.88 bits per heavy atom. The van der Waals surface area contributed by atoms with Gasteiger partial charge in [-0.2, -0.15) is 0 Å². The highest BCUT2D eigenvalue weighted by molar-refractivity contribution is 8.74. The summed E-state index contributed by atoms with van der Waals surface area (Å²) >= 11 is 0. The molecule has 0 aromatic heterocycles. The second-order valence-electron chi connectivity index (χ2n) is 2.06. The Labute approximate surface area is 56.3 Å². The van der Waals surface area contributed by atoms with Gasteiger partial charge < -0.3 is 0 Å². The van der Waals surface area contributed by atoms with Gasteiger partial charge in [0.1, 0.15) is 0 Å². The average Bonchev–Trinajstić information content (AvgIpc) is 2.15. The average molecular weight is 182 g/mol. The molecule has 4 unspecified atom stereocenters. The van der Waals surface area contributed by atoms with Crippen molar-refractivity contribution in [2.24, 2.45) is 0 Å². The summed E-state index contributed by atoms with van der Waals surface area (Å²) in [5, 5.41) is 0. The van der Waals surface area contributed by atoms with Crippen molar-refractivity contribution < 1.29 is 0 Å². The first-order valence-electron chi connectivity index (χ1n) is 2.99. The molecule has 0 bridgehead atoms. The summed E-state index contributed by atoms with van der Waals surface area (Å²) in [5.41, 5.74) is 0. The minimum Gasteiger partial charge on any atom is -0.0908 e. The maximum atomic E-state index is 1.68. The van der Waals surface area contributed by atoms with Gasteiger partial charge in [0, 0.05) is 0 Å². The molecule has 4 heteroatoms. The van der Waals surface area contributed by atoms with Gasteiger partial charge in [-0.15, -0.1) is 0 Å². The van der Waals surface area contributed by atoms with E-state index in [0.29, 0.717) is 14.6 Å². The van der Waals surface area contributed by atoms with E-state index in [2.05, 4.69) is 0 Å². The summed E-state index contributed by atoms with van der Waals surface area (Å²) in [6, 6.07) is 0. The quantitative estimate of drug-likeness (QED) is 0.505. The van der Waals surface area contributed by atoms with E-state index in [4.69, 9.17) is 0 Å². The van der Waals surface area contributed by atoms with Gasteiger partial charge in [0.2, 0.25) is 0 Å². The topological polar surface area (TPSA) is 0 Å². The van der Waals surface area contributed by atoms with E-state index < -0.39 is 0 Å². The Kier molecular flexibility index (Phi) is 2.22. The fourth-order valence-electron chi connectivity index (χ4n) is 1.14. The molecule has 0 saturated carbocycles. The van der Waals surface area contributed by atoms with Crippen LogP contribution in [0.25, 0.3) is 0 Å². The van der Waals surface area contributed by atoms with Crippen molar-refractivity contribution in [2.75, 3.05) is 24.6 Å². The third-order valence-electron chi connectivity index (χ3n) is 1.53. The number of hydrogen-bond acceptors (Lipinski definition) is 0. The smallest absolute Gasteiger partial charge is 0.0207 e. The summed E-state index contributed by atoms with van der Waals surface area (Å²) in [7, 11) is 4.31. The van der Waals surface area contributed by atoms with E-state index in [1.54, 1.807) is 24.6 Å². The molecule has 2 rings (SSSR count).